The lowest BCUT2D eigenvalue weighted by Gasteiger charge is -2.30. The fourth-order valence-electron chi connectivity index (χ4n) is 3.54. The van der Waals surface area contributed by atoms with Crippen LogP contribution in [0.1, 0.15) is 46.3 Å². The Morgan fingerprint density at radius 3 is 2.58 bits per heavy atom. The van der Waals surface area contributed by atoms with Gasteiger partial charge in [-0.1, -0.05) is 6.07 Å². The molecular formula is C22H24N2O2. The molecule has 0 unspecified atom stereocenters. The number of carbonyl (C=O) groups is 2. The summed E-state index contributed by atoms with van der Waals surface area (Å²) in [5.74, 6) is 0.387. The Morgan fingerprint density at radius 2 is 1.85 bits per heavy atom. The number of fused-ring (bicyclic) bond motifs is 1. The number of hydrogen-bond donors (Lipinski definition) is 1. The van der Waals surface area contributed by atoms with E-state index < -0.39 is 0 Å². The Hall–Kier alpha value is -2.62. The van der Waals surface area contributed by atoms with Crippen molar-refractivity contribution >= 4 is 23.2 Å². The molecule has 1 fully saturated rings. The maximum atomic E-state index is 12.5. The molecule has 4 heteroatoms. The van der Waals surface area contributed by atoms with E-state index in [9.17, 15) is 9.59 Å². The van der Waals surface area contributed by atoms with Gasteiger partial charge in [0.2, 0.25) is 5.91 Å². The number of carbonyl (C=O) groups excluding carboxylic acids is 2. The quantitative estimate of drug-likeness (QED) is 0.902. The topological polar surface area (TPSA) is 49.4 Å². The highest BCUT2D eigenvalue weighted by Gasteiger charge is 2.35. The summed E-state index contributed by atoms with van der Waals surface area (Å²) in [5, 5.41) is 2.99. The molecule has 1 heterocycles. The lowest BCUT2D eigenvalue weighted by Crippen LogP contribution is -2.36. The summed E-state index contributed by atoms with van der Waals surface area (Å²) in [6, 6.07) is 11.6. The van der Waals surface area contributed by atoms with Gasteiger partial charge in [-0.25, -0.2) is 0 Å². The van der Waals surface area contributed by atoms with E-state index in [2.05, 4.69) is 5.32 Å². The highest BCUT2D eigenvalue weighted by molar-refractivity contribution is 6.05. The molecule has 2 amide bonds. The van der Waals surface area contributed by atoms with Gasteiger partial charge in [0.25, 0.3) is 5.91 Å². The molecule has 0 radical (unpaired) electrons. The molecule has 0 spiro atoms. The van der Waals surface area contributed by atoms with Gasteiger partial charge in [0.15, 0.2) is 0 Å². The Bertz CT molecular complexity index is 884. The first-order chi connectivity index (χ1) is 12.5. The van der Waals surface area contributed by atoms with Crippen molar-refractivity contribution in [3.63, 3.8) is 0 Å². The van der Waals surface area contributed by atoms with Crippen LogP contribution in [0.15, 0.2) is 36.4 Å². The van der Waals surface area contributed by atoms with Crippen LogP contribution in [0.2, 0.25) is 0 Å². The first-order valence-corrected chi connectivity index (χ1v) is 9.36. The van der Waals surface area contributed by atoms with Gasteiger partial charge >= 0.3 is 0 Å². The van der Waals surface area contributed by atoms with Gasteiger partial charge in [-0.05, 0) is 86.6 Å². The van der Waals surface area contributed by atoms with E-state index in [4.69, 9.17) is 0 Å². The highest BCUT2D eigenvalue weighted by Crippen LogP contribution is 2.36. The summed E-state index contributed by atoms with van der Waals surface area (Å²) >= 11 is 0. The number of amides is 2. The predicted octanol–water partition coefficient (Wildman–Crippen LogP) is 4.24. The summed E-state index contributed by atoms with van der Waals surface area (Å²) < 4.78 is 0. The van der Waals surface area contributed by atoms with Crippen LogP contribution < -0.4 is 10.2 Å². The lowest BCUT2D eigenvalue weighted by molar-refractivity contribution is -0.119. The van der Waals surface area contributed by atoms with Gasteiger partial charge in [0, 0.05) is 29.4 Å². The van der Waals surface area contributed by atoms with Crippen LogP contribution in [0.3, 0.4) is 0 Å². The molecule has 2 aliphatic rings. The van der Waals surface area contributed by atoms with Crippen molar-refractivity contribution in [1.29, 1.82) is 0 Å². The molecule has 0 bridgehead atoms. The normalized spacial score (nSPS) is 16.2. The zero-order chi connectivity index (χ0) is 18.3. The van der Waals surface area contributed by atoms with Crippen LogP contribution in [-0.2, 0) is 11.2 Å². The second-order valence-corrected chi connectivity index (χ2v) is 7.46. The number of benzene rings is 2. The molecule has 0 aromatic heterocycles. The highest BCUT2D eigenvalue weighted by atomic mass is 16.2. The van der Waals surface area contributed by atoms with Gasteiger partial charge in [0.05, 0.1) is 0 Å². The second-order valence-electron chi connectivity index (χ2n) is 7.46. The van der Waals surface area contributed by atoms with Crippen molar-refractivity contribution in [1.82, 2.24) is 0 Å². The largest absolute Gasteiger partial charge is 0.322 e. The Morgan fingerprint density at radius 1 is 1.04 bits per heavy atom. The average molecular weight is 348 g/mol. The minimum absolute atomic E-state index is 0.102. The molecule has 2 aromatic rings. The Balaban J connectivity index is 1.54. The fraction of sp³-hybridized carbons (Fsp3) is 0.364. The van der Waals surface area contributed by atoms with Crippen LogP contribution in [0.25, 0.3) is 0 Å². The number of hydrogen-bond acceptors (Lipinski definition) is 2. The number of nitrogens with zero attached hydrogens (tertiary/aromatic N) is 1. The fourth-order valence-corrected chi connectivity index (χ4v) is 3.54. The van der Waals surface area contributed by atoms with Crippen molar-refractivity contribution < 1.29 is 9.59 Å². The van der Waals surface area contributed by atoms with Crippen LogP contribution in [0.4, 0.5) is 11.4 Å². The van der Waals surface area contributed by atoms with Crippen LogP contribution >= 0.6 is 0 Å². The summed E-state index contributed by atoms with van der Waals surface area (Å²) in [6.07, 6.45) is 3.96. The minimum Gasteiger partial charge on any atom is -0.322 e. The molecule has 0 atom stereocenters. The van der Waals surface area contributed by atoms with E-state index in [1.165, 1.54) is 5.56 Å². The first kappa shape index (κ1) is 16.8. The third kappa shape index (κ3) is 3.24. The number of anilines is 2. The van der Waals surface area contributed by atoms with Gasteiger partial charge in [-0.3, -0.25) is 9.59 Å². The maximum Gasteiger partial charge on any atom is 0.255 e. The molecule has 1 saturated carbocycles. The Kier molecular flexibility index (Phi) is 4.27. The van der Waals surface area contributed by atoms with Crippen molar-refractivity contribution in [2.45, 2.75) is 39.5 Å². The number of nitrogens with one attached hydrogen (secondary N) is 1. The minimum atomic E-state index is -0.102. The van der Waals surface area contributed by atoms with E-state index >= 15 is 0 Å². The molecule has 1 N–H and O–H groups in total. The molecule has 134 valence electrons. The number of aryl methyl sites for hydroxylation is 3. The molecule has 0 saturated heterocycles. The van der Waals surface area contributed by atoms with Crippen LogP contribution in [0.5, 0.6) is 0 Å². The van der Waals surface area contributed by atoms with Crippen LogP contribution in [-0.4, -0.2) is 18.4 Å². The average Bonchev–Trinajstić information content (AvgIpc) is 3.48. The van der Waals surface area contributed by atoms with Crippen molar-refractivity contribution in [2.24, 2.45) is 5.92 Å². The van der Waals surface area contributed by atoms with E-state index in [-0.39, 0.29) is 17.7 Å². The van der Waals surface area contributed by atoms with Gasteiger partial charge in [-0.2, -0.15) is 0 Å². The maximum absolute atomic E-state index is 12.5. The summed E-state index contributed by atoms with van der Waals surface area (Å²) in [7, 11) is 0. The van der Waals surface area contributed by atoms with Gasteiger partial charge < -0.3 is 10.2 Å². The molecule has 4 nitrogen and oxygen atoms in total. The molecule has 2 aromatic carbocycles. The van der Waals surface area contributed by atoms with Gasteiger partial charge in [0.1, 0.15) is 0 Å². The van der Waals surface area contributed by atoms with Crippen molar-refractivity contribution in [3.8, 4) is 0 Å². The van der Waals surface area contributed by atoms with E-state index in [1.807, 2.05) is 55.1 Å². The van der Waals surface area contributed by atoms with E-state index in [0.717, 1.165) is 54.7 Å². The second kappa shape index (κ2) is 6.60. The van der Waals surface area contributed by atoms with Crippen LogP contribution in [0, 0.1) is 19.8 Å². The third-order valence-corrected chi connectivity index (χ3v) is 5.42. The van der Waals surface area contributed by atoms with E-state index in [1.54, 1.807) is 0 Å². The molecular weight excluding hydrogens is 324 g/mol. The standard InChI is InChI=1S/C22H24N2O2/c1-14-5-6-18(12-15(14)2)21(25)23-19-9-10-20-17(13-19)4-3-11-24(20)22(26)16-7-8-16/h5-6,9-10,12-13,16H,3-4,7-8,11H2,1-2H3,(H,23,25). The summed E-state index contributed by atoms with van der Waals surface area (Å²) in [4.78, 5) is 27.0. The van der Waals surface area contributed by atoms with Gasteiger partial charge in [-0.15, -0.1) is 0 Å². The summed E-state index contributed by atoms with van der Waals surface area (Å²) in [6.45, 7) is 4.85. The van der Waals surface area contributed by atoms with Crippen molar-refractivity contribution in [3.05, 3.63) is 58.7 Å². The van der Waals surface area contributed by atoms with E-state index in [0.29, 0.717) is 5.56 Å². The first-order valence-electron chi connectivity index (χ1n) is 9.36. The summed E-state index contributed by atoms with van der Waals surface area (Å²) in [5.41, 5.74) is 5.89. The van der Waals surface area contributed by atoms with Crippen molar-refractivity contribution in [2.75, 3.05) is 16.8 Å². The molecule has 26 heavy (non-hydrogen) atoms. The number of rotatable bonds is 3. The molecule has 1 aliphatic heterocycles. The zero-order valence-corrected chi connectivity index (χ0v) is 15.3. The third-order valence-electron chi connectivity index (χ3n) is 5.42. The lowest BCUT2D eigenvalue weighted by atomic mass is 10.00. The Labute approximate surface area is 154 Å². The molecule has 1 aliphatic carbocycles. The SMILES string of the molecule is Cc1ccc(C(=O)Nc2ccc3c(c2)CCCN3C(=O)C2CC2)cc1C. The molecule has 4 rings (SSSR count). The monoisotopic (exact) mass is 348 g/mol. The zero-order valence-electron chi connectivity index (χ0n) is 15.3. The smallest absolute Gasteiger partial charge is 0.255 e. The predicted molar refractivity (Wildman–Crippen MR) is 104 cm³/mol.